The van der Waals surface area contributed by atoms with Crippen LogP contribution in [-0.4, -0.2) is 23.1 Å². The fraction of sp³-hybridized carbons (Fsp3) is 0.375. The number of hydrogen-bond acceptors (Lipinski definition) is 4. The van der Waals surface area contributed by atoms with Gasteiger partial charge in [0.25, 0.3) is 0 Å². The second kappa shape index (κ2) is 7.96. The summed E-state index contributed by atoms with van der Waals surface area (Å²) in [6.45, 7) is 2.27. The molecule has 0 radical (unpaired) electrons. The number of nitrogens with one attached hydrogen (secondary N) is 2. The van der Waals surface area contributed by atoms with Crippen molar-refractivity contribution >= 4 is 24.0 Å². The Morgan fingerprint density at radius 2 is 2.05 bits per heavy atom. The van der Waals surface area contributed by atoms with Crippen LogP contribution in [0.2, 0.25) is 0 Å². The second-order valence-electron chi connectivity index (χ2n) is 5.27. The van der Waals surface area contributed by atoms with Gasteiger partial charge in [-0.1, -0.05) is 12.1 Å². The monoisotopic (exact) mass is 304 g/mol. The van der Waals surface area contributed by atoms with E-state index in [0.29, 0.717) is 5.92 Å². The summed E-state index contributed by atoms with van der Waals surface area (Å²) in [6.07, 6.45) is 5.40. The lowest BCUT2D eigenvalue weighted by Gasteiger charge is -2.22. The molecule has 1 fully saturated rings. The van der Waals surface area contributed by atoms with E-state index >= 15 is 0 Å². The summed E-state index contributed by atoms with van der Waals surface area (Å²) in [5.74, 6) is 2.41. The van der Waals surface area contributed by atoms with Crippen LogP contribution >= 0.6 is 12.4 Å². The minimum Gasteiger partial charge on any atom is -0.325 e. The van der Waals surface area contributed by atoms with Gasteiger partial charge in [0.2, 0.25) is 0 Å². The smallest absolute Gasteiger partial charge is 0.131 e. The molecule has 5 heteroatoms. The van der Waals surface area contributed by atoms with Gasteiger partial charge in [0.05, 0.1) is 0 Å². The van der Waals surface area contributed by atoms with Crippen LogP contribution in [0.3, 0.4) is 0 Å². The fourth-order valence-electron chi connectivity index (χ4n) is 2.62. The predicted octanol–water partition coefficient (Wildman–Crippen LogP) is 3.18. The van der Waals surface area contributed by atoms with Crippen LogP contribution < -0.4 is 10.6 Å². The van der Waals surface area contributed by atoms with Gasteiger partial charge in [0, 0.05) is 11.9 Å². The van der Waals surface area contributed by atoms with Crippen molar-refractivity contribution in [2.24, 2.45) is 5.92 Å². The van der Waals surface area contributed by atoms with Gasteiger partial charge in [-0.15, -0.1) is 12.4 Å². The van der Waals surface area contributed by atoms with E-state index in [0.717, 1.165) is 36.8 Å². The molecule has 0 spiro atoms. The zero-order valence-electron chi connectivity index (χ0n) is 12.0. The van der Waals surface area contributed by atoms with Gasteiger partial charge in [-0.25, -0.2) is 9.97 Å². The third-order valence-corrected chi connectivity index (χ3v) is 3.62. The molecule has 0 amide bonds. The molecule has 0 aromatic carbocycles. The molecule has 1 saturated heterocycles. The summed E-state index contributed by atoms with van der Waals surface area (Å²) < 4.78 is 0. The molecular formula is C16H21ClN4. The molecule has 2 aromatic rings. The highest BCUT2D eigenvalue weighted by molar-refractivity contribution is 5.85. The zero-order chi connectivity index (χ0) is 13.6. The van der Waals surface area contributed by atoms with E-state index < -0.39 is 0 Å². The zero-order valence-corrected chi connectivity index (χ0v) is 12.8. The first-order valence-corrected chi connectivity index (χ1v) is 7.25. The fourth-order valence-corrected chi connectivity index (χ4v) is 2.62. The molecule has 4 nitrogen and oxygen atoms in total. The van der Waals surface area contributed by atoms with Crippen molar-refractivity contribution in [3.63, 3.8) is 0 Å². The summed E-state index contributed by atoms with van der Waals surface area (Å²) in [6, 6.07) is 12.0. The van der Waals surface area contributed by atoms with Crippen molar-refractivity contribution in [1.29, 1.82) is 0 Å². The summed E-state index contributed by atoms with van der Waals surface area (Å²) in [7, 11) is 0. The number of rotatable bonds is 4. The normalized spacial score (nSPS) is 17.8. The maximum Gasteiger partial charge on any atom is 0.131 e. The van der Waals surface area contributed by atoms with Crippen LogP contribution in [0.4, 0.5) is 11.6 Å². The number of hydrogen-bond donors (Lipinski definition) is 2. The number of anilines is 2. The Labute approximate surface area is 131 Å². The van der Waals surface area contributed by atoms with Crippen molar-refractivity contribution < 1.29 is 0 Å². The lowest BCUT2D eigenvalue weighted by molar-refractivity contribution is 0.373. The molecule has 1 unspecified atom stereocenters. The van der Waals surface area contributed by atoms with Crippen LogP contribution in [0.15, 0.2) is 42.6 Å². The van der Waals surface area contributed by atoms with Crippen LogP contribution in [0.1, 0.15) is 18.5 Å². The minimum atomic E-state index is 0. The largest absolute Gasteiger partial charge is 0.325 e. The summed E-state index contributed by atoms with van der Waals surface area (Å²) in [5, 5.41) is 6.70. The molecule has 21 heavy (non-hydrogen) atoms. The lowest BCUT2D eigenvalue weighted by Crippen LogP contribution is -2.31. The van der Waals surface area contributed by atoms with Crippen LogP contribution in [0.25, 0.3) is 0 Å². The molecule has 2 N–H and O–H groups in total. The maximum atomic E-state index is 4.68. The van der Waals surface area contributed by atoms with Gasteiger partial charge >= 0.3 is 0 Å². The predicted molar refractivity (Wildman–Crippen MR) is 88.3 cm³/mol. The molecule has 0 saturated carbocycles. The SMILES string of the molecule is Cl.c1ccc(Nc2cccc(CC3CCCNC3)n2)nc1. The van der Waals surface area contributed by atoms with Crippen LogP contribution in [0, 0.1) is 5.92 Å². The number of pyridine rings is 2. The third kappa shape index (κ3) is 4.69. The molecular weight excluding hydrogens is 284 g/mol. The molecule has 112 valence electrons. The highest BCUT2D eigenvalue weighted by atomic mass is 35.5. The first kappa shape index (κ1) is 15.7. The number of aromatic nitrogens is 2. The van der Waals surface area contributed by atoms with Crippen molar-refractivity contribution in [1.82, 2.24) is 15.3 Å². The van der Waals surface area contributed by atoms with Gasteiger partial charge in [-0.2, -0.15) is 0 Å². The second-order valence-corrected chi connectivity index (χ2v) is 5.27. The summed E-state index contributed by atoms with van der Waals surface area (Å²) in [4.78, 5) is 8.94. The molecule has 1 aliphatic heterocycles. The quantitative estimate of drug-likeness (QED) is 0.911. The Morgan fingerprint density at radius 3 is 2.81 bits per heavy atom. The molecule has 0 aliphatic carbocycles. The van der Waals surface area contributed by atoms with Gasteiger partial charge in [0.15, 0.2) is 0 Å². The average molecular weight is 305 g/mol. The van der Waals surface area contributed by atoms with Crippen LogP contribution in [-0.2, 0) is 6.42 Å². The summed E-state index contributed by atoms with van der Waals surface area (Å²) in [5.41, 5.74) is 1.15. The Kier molecular flexibility index (Phi) is 5.96. The topological polar surface area (TPSA) is 49.8 Å². The first-order chi connectivity index (χ1) is 9.90. The van der Waals surface area contributed by atoms with Crippen molar-refractivity contribution in [3.8, 4) is 0 Å². The lowest BCUT2D eigenvalue weighted by atomic mass is 9.94. The number of halogens is 1. The molecule has 2 aromatic heterocycles. The van der Waals surface area contributed by atoms with E-state index in [1.165, 1.54) is 12.8 Å². The van der Waals surface area contributed by atoms with Gasteiger partial charge in [0.1, 0.15) is 11.6 Å². The molecule has 1 atom stereocenters. The maximum absolute atomic E-state index is 4.68. The van der Waals surface area contributed by atoms with E-state index in [9.17, 15) is 0 Å². The Morgan fingerprint density at radius 1 is 1.14 bits per heavy atom. The highest BCUT2D eigenvalue weighted by Crippen LogP contribution is 2.17. The number of nitrogens with zero attached hydrogens (tertiary/aromatic N) is 2. The average Bonchev–Trinajstić information content (AvgIpc) is 2.50. The Balaban J connectivity index is 0.00000161. The van der Waals surface area contributed by atoms with Gasteiger partial charge in [-0.3, -0.25) is 0 Å². The summed E-state index contributed by atoms with van der Waals surface area (Å²) >= 11 is 0. The number of piperidine rings is 1. The van der Waals surface area contributed by atoms with E-state index in [2.05, 4.69) is 32.7 Å². The van der Waals surface area contributed by atoms with E-state index in [4.69, 9.17) is 0 Å². The van der Waals surface area contributed by atoms with Gasteiger partial charge < -0.3 is 10.6 Å². The molecule has 3 rings (SSSR count). The first-order valence-electron chi connectivity index (χ1n) is 7.25. The molecule has 3 heterocycles. The standard InChI is InChI=1S/C16H20N4.ClH/c1-2-10-18-15(7-1)20-16-8-3-6-14(19-16)11-13-5-4-9-17-12-13;/h1-3,6-8,10,13,17H,4-5,9,11-12H2,(H,18,19,20);1H. The van der Waals surface area contributed by atoms with Crippen molar-refractivity contribution in [2.45, 2.75) is 19.3 Å². The Hall–Kier alpha value is -1.65. The van der Waals surface area contributed by atoms with Gasteiger partial charge in [-0.05, 0) is 62.5 Å². The van der Waals surface area contributed by atoms with Crippen LogP contribution in [0.5, 0.6) is 0 Å². The third-order valence-electron chi connectivity index (χ3n) is 3.62. The molecule has 1 aliphatic rings. The van der Waals surface area contributed by atoms with Crippen molar-refractivity contribution in [3.05, 3.63) is 48.3 Å². The van der Waals surface area contributed by atoms with E-state index in [1.54, 1.807) is 6.20 Å². The molecule has 0 bridgehead atoms. The van der Waals surface area contributed by atoms with Crippen molar-refractivity contribution in [2.75, 3.05) is 18.4 Å². The highest BCUT2D eigenvalue weighted by Gasteiger charge is 2.14. The van der Waals surface area contributed by atoms with E-state index in [1.807, 2.05) is 24.3 Å². The Bertz CT molecular complexity index is 541. The minimum absolute atomic E-state index is 0. The van der Waals surface area contributed by atoms with E-state index in [-0.39, 0.29) is 12.4 Å².